The number of rotatable bonds is 8. The molecule has 0 spiro atoms. The van der Waals surface area contributed by atoms with Crippen LogP contribution in [0.15, 0.2) is 243 Å². The van der Waals surface area contributed by atoms with Crippen LogP contribution in [0.4, 0.5) is 0 Å². The Hall–Kier alpha value is -8.20. The lowest BCUT2D eigenvalue weighted by atomic mass is 9.95. The summed E-state index contributed by atoms with van der Waals surface area (Å²) >= 11 is 0. The average molecular weight is 789 g/mol. The minimum atomic E-state index is 0.704. The Morgan fingerprint density at radius 2 is 0.581 bits per heavy atom. The molecule has 1 aromatic heterocycles. The molecule has 0 saturated heterocycles. The van der Waals surface area contributed by atoms with Crippen LogP contribution >= 0.6 is 0 Å². The predicted molar refractivity (Wildman–Crippen MR) is 261 cm³/mol. The number of aromatic nitrogens is 2. The van der Waals surface area contributed by atoms with Gasteiger partial charge in [0.2, 0.25) is 0 Å². The van der Waals surface area contributed by atoms with Crippen molar-refractivity contribution >= 4 is 21.7 Å². The molecule has 0 amide bonds. The summed E-state index contributed by atoms with van der Waals surface area (Å²) in [6.45, 7) is 0. The summed E-state index contributed by atoms with van der Waals surface area (Å²) in [6.07, 6.45) is 0. The van der Waals surface area contributed by atoms with Crippen molar-refractivity contribution in [2.24, 2.45) is 0 Å². The molecular weight excluding hydrogens is 749 g/mol. The topological polar surface area (TPSA) is 25.8 Å². The van der Waals surface area contributed by atoms with Gasteiger partial charge in [-0.2, -0.15) is 0 Å². The predicted octanol–water partition coefficient (Wildman–Crippen LogP) is 16.1. The molecule has 0 aliphatic heterocycles. The Kier molecular flexibility index (Phi) is 9.57. The molecule has 10 aromatic carbocycles. The Balaban J connectivity index is 0.911. The first-order valence-electron chi connectivity index (χ1n) is 21.1. The summed E-state index contributed by atoms with van der Waals surface area (Å²) in [5, 5.41) is 3.37. The van der Waals surface area contributed by atoms with E-state index in [1.165, 1.54) is 55.5 Å². The molecule has 2 heteroatoms. The average Bonchev–Trinajstić information content (AvgIpc) is 3.37. The summed E-state index contributed by atoms with van der Waals surface area (Å²) in [5.41, 5.74) is 18.1. The van der Waals surface area contributed by atoms with Crippen molar-refractivity contribution < 1.29 is 0 Å². The van der Waals surface area contributed by atoms with Gasteiger partial charge in [0.1, 0.15) is 0 Å². The van der Waals surface area contributed by atoms with Crippen LogP contribution in [0.25, 0.3) is 111 Å². The standard InChI is InChI=1S/C60H40N2/c1-3-12-41(13-4-1)50-17-9-19-52(38-50)45-26-24-43(25-27-45)44-32-34-49(35-33-44)59-58-56-23-8-7-16-48(56)36-37-57(58)61-60(62-59)55-22-11-21-54(40-55)47-30-28-46(29-31-47)53-20-10-18-51(39-53)42-14-5-2-6-15-42/h1-40H. The zero-order valence-electron chi connectivity index (χ0n) is 34.0. The third kappa shape index (κ3) is 7.25. The molecule has 0 aliphatic carbocycles. The maximum Gasteiger partial charge on any atom is 0.160 e. The molecule has 0 unspecified atom stereocenters. The Labute approximate surface area is 362 Å². The number of hydrogen-bond acceptors (Lipinski definition) is 2. The van der Waals surface area contributed by atoms with Gasteiger partial charge >= 0.3 is 0 Å². The van der Waals surface area contributed by atoms with E-state index >= 15 is 0 Å². The normalized spacial score (nSPS) is 11.2. The van der Waals surface area contributed by atoms with Gasteiger partial charge in [-0.1, -0.05) is 218 Å². The van der Waals surface area contributed by atoms with Gasteiger partial charge in [-0.25, -0.2) is 9.97 Å². The third-order valence-electron chi connectivity index (χ3n) is 11.9. The summed E-state index contributed by atoms with van der Waals surface area (Å²) in [6, 6.07) is 86.5. The fourth-order valence-corrected chi connectivity index (χ4v) is 8.63. The van der Waals surface area contributed by atoms with E-state index in [1.807, 2.05) is 0 Å². The third-order valence-corrected chi connectivity index (χ3v) is 11.9. The van der Waals surface area contributed by atoms with Gasteiger partial charge < -0.3 is 0 Å². The highest BCUT2D eigenvalue weighted by Gasteiger charge is 2.16. The van der Waals surface area contributed by atoms with Crippen LogP contribution in [0.2, 0.25) is 0 Å². The first-order chi connectivity index (χ1) is 30.7. The van der Waals surface area contributed by atoms with E-state index in [-0.39, 0.29) is 0 Å². The van der Waals surface area contributed by atoms with Crippen molar-refractivity contribution in [1.82, 2.24) is 9.97 Å². The zero-order chi connectivity index (χ0) is 41.2. The zero-order valence-corrected chi connectivity index (χ0v) is 34.0. The molecule has 0 saturated carbocycles. The monoisotopic (exact) mass is 788 g/mol. The van der Waals surface area contributed by atoms with E-state index in [1.54, 1.807) is 0 Å². The lowest BCUT2D eigenvalue weighted by molar-refractivity contribution is 1.23. The first kappa shape index (κ1) is 36.8. The van der Waals surface area contributed by atoms with Crippen LogP contribution in [-0.2, 0) is 0 Å². The van der Waals surface area contributed by atoms with Gasteiger partial charge in [0.25, 0.3) is 0 Å². The number of benzene rings is 10. The van der Waals surface area contributed by atoms with Gasteiger partial charge in [0, 0.05) is 16.5 Å². The van der Waals surface area contributed by atoms with Crippen LogP contribution in [-0.4, -0.2) is 9.97 Å². The molecule has 0 aliphatic rings. The Bertz CT molecular complexity index is 3350. The molecule has 290 valence electrons. The van der Waals surface area contributed by atoms with E-state index in [0.717, 1.165) is 49.8 Å². The highest BCUT2D eigenvalue weighted by molar-refractivity contribution is 6.12. The summed E-state index contributed by atoms with van der Waals surface area (Å²) in [4.78, 5) is 10.6. The van der Waals surface area contributed by atoms with Crippen LogP contribution in [0.3, 0.4) is 0 Å². The minimum absolute atomic E-state index is 0.704. The van der Waals surface area contributed by atoms with Crippen molar-refractivity contribution in [3.8, 4) is 89.4 Å². The second-order valence-corrected chi connectivity index (χ2v) is 15.8. The lowest BCUT2D eigenvalue weighted by Gasteiger charge is -2.13. The highest BCUT2D eigenvalue weighted by atomic mass is 14.9. The Morgan fingerprint density at radius 1 is 0.226 bits per heavy atom. The van der Waals surface area contributed by atoms with Gasteiger partial charge in [-0.3, -0.25) is 0 Å². The van der Waals surface area contributed by atoms with Crippen molar-refractivity contribution in [2.75, 3.05) is 0 Å². The maximum absolute atomic E-state index is 5.38. The highest BCUT2D eigenvalue weighted by Crippen LogP contribution is 2.37. The van der Waals surface area contributed by atoms with E-state index in [2.05, 4.69) is 243 Å². The molecule has 0 radical (unpaired) electrons. The molecule has 11 rings (SSSR count). The van der Waals surface area contributed by atoms with Crippen molar-refractivity contribution in [2.45, 2.75) is 0 Å². The van der Waals surface area contributed by atoms with Crippen molar-refractivity contribution in [3.05, 3.63) is 243 Å². The summed E-state index contributed by atoms with van der Waals surface area (Å²) < 4.78 is 0. The van der Waals surface area contributed by atoms with Gasteiger partial charge in [-0.05, 0) is 102 Å². The second kappa shape index (κ2) is 16.1. The largest absolute Gasteiger partial charge is 0.228 e. The first-order valence-corrected chi connectivity index (χ1v) is 21.1. The van der Waals surface area contributed by atoms with E-state index in [0.29, 0.717) is 5.82 Å². The van der Waals surface area contributed by atoms with Crippen LogP contribution in [0.1, 0.15) is 0 Å². The van der Waals surface area contributed by atoms with Crippen LogP contribution in [0, 0.1) is 0 Å². The Morgan fingerprint density at radius 3 is 1.06 bits per heavy atom. The smallest absolute Gasteiger partial charge is 0.160 e. The van der Waals surface area contributed by atoms with E-state index in [9.17, 15) is 0 Å². The molecule has 0 fully saturated rings. The number of hydrogen-bond donors (Lipinski definition) is 0. The van der Waals surface area contributed by atoms with E-state index < -0.39 is 0 Å². The molecular formula is C60H40N2. The molecule has 0 bridgehead atoms. The quantitative estimate of drug-likeness (QED) is 0.143. The SMILES string of the molecule is c1ccc(-c2cccc(-c3ccc(-c4ccc(-c5nc(-c6cccc(-c7ccc(-c8cccc(-c9ccccc9)c8)cc7)c6)nc6ccc7ccccc7c56)cc4)cc3)c2)cc1. The molecule has 0 atom stereocenters. The summed E-state index contributed by atoms with van der Waals surface area (Å²) in [7, 11) is 0. The van der Waals surface area contributed by atoms with E-state index in [4.69, 9.17) is 9.97 Å². The van der Waals surface area contributed by atoms with Crippen LogP contribution in [0.5, 0.6) is 0 Å². The number of nitrogens with zero attached hydrogens (tertiary/aromatic N) is 2. The number of fused-ring (bicyclic) bond motifs is 3. The second-order valence-electron chi connectivity index (χ2n) is 15.8. The van der Waals surface area contributed by atoms with Gasteiger partial charge in [-0.15, -0.1) is 0 Å². The fourth-order valence-electron chi connectivity index (χ4n) is 8.63. The van der Waals surface area contributed by atoms with Crippen molar-refractivity contribution in [3.63, 3.8) is 0 Å². The van der Waals surface area contributed by atoms with Gasteiger partial charge in [0.05, 0.1) is 11.2 Å². The van der Waals surface area contributed by atoms with Crippen molar-refractivity contribution in [1.29, 1.82) is 0 Å². The minimum Gasteiger partial charge on any atom is -0.228 e. The van der Waals surface area contributed by atoms with Gasteiger partial charge in [0.15, 0.2) is 5.82 Å². The van der Waals surface area contributed by atoms with Crippen LogP contribution < -0.4 is 0 Å². The maximum atomic E-state index is 5.38. The molecule has 62 heavy (non-hydrogen) atoms. The summed E-state index contributed by atoms with van der Waals surface area (Å²) in [5.74, 6) is 0.704. The molecule has 1 heterocycles. The lowest BCUT2D eigenvalue weighted by Crippen LogP contribution is -1.96. The molecule has 2 nitrogen and oxygen atoms in total. The molecule has 0 N–H and O–H groups in total. The fraction of sp³-hybridized carbons (Fsp3) is 0. The molecule has 11 aromatic rings.